The highest BCUT2D eigenvalue weighted by Crippen LogP contribution is 2.02. The topological polar surface area (TPSA) is 78.6 Å². The molecule has 0 aliphatic rings. The Labute approximate surface area is 75.5 Å². The summed E-state index contributed by atoms with van der Waals surface area (Å²) < 4.78 is 0. The van der Waals surface area contributed by atoms with E-state index in [1.165, 1.54) is 0 Å². The Morgan fingerprint density at radius 2 is 2.58 bits per heavy atom. The third-order valence-corrected chi connectivity index (χ3v) is 2.30. The summed E-state index contributed by atoms with van der Waals surface area (Å²) in [4.78, 5) is 7.09. The minimum Gasteiger partial charge on any atom is -0.387 e. The van der Waals surface area contributed by atoms with Gasteiger partial charge in [-0.3, -0.25) is 5.41 Å². The number of aromatic amines is 1. The van der Waals surface area contributed by atoms with Gasteiger partial charge in [-0.25, -0.2) is 4.98 Å². The molecular weight excluding hydrogens is 172 g/mol. The van der Waals surface area contributed by atoms with Crippen LogP contribution in [-0.2, 0) is 6.42 Å². The molecule has 0 saturated carbocycles. The number of hydrogen-bond acceptors (Lipinski definition) is 3. The van der Waals surface area contributed by atoms with Crippen molar-refractivity contribution in [1.29, 1.82) is 5.41 Å². The van der Waals surface area contributed by atoms with Crippen molar-refractivity contribution >= 4 is 17.6 Å². The number of nitrogens with zero attached hydrogens (tertiary/aromatic N) is 1. The van der Waals surface area contributed by atoms with Gasteiger partial charge in [0.05, 0.1) is 5.75 Å². The minimum absolute atomic E-state index is 0.236. The third-order valence-electron chi connectivity index (χ3n) is 1.30. The van der Waals surface area contributed by atoms with Crippen LogP contribution in [0.3, 0.4) is 0 Å². The number of amidine groups is 1. The molecule has 0 radical (unpaired) electrons. The van der Waals surface area contributed by atoms with Gasteiger partial charge >= 0.3 is 0 Å². The molecule has 0 saturated heterocycles. The molecule has 0 fully saturated rings. The van der Waals surface area contributed by atoms with E-state index >= 15 is 0 Å². The van der Waals surface area contributed by atoms with E-state index in [4.69, 9.17) is 11.1 Å². The Hall–Kier alpha value is -0.970. The van der Waals surface area contributed by atoms with Gasteiger partial charge in [-0.2, -0.15) is 11.8 Å². The Bertz CT molecular complexity index is 232. The summed E-state index contributed by atoms with van der Waals surface area (Å²) in [6, 6.07) is 0. The summed E-state index contributed by atoms with van der Waals surface area (Å²) in [6.07, 6.45) is 4.46. The highest BCUT2D eigenvalue weighted by Gasteiger charge is 1.95. The number of rotatable bonds is 5. The maximum absolute atomic E-state index is 6.98. The van der Waals surface area contributed by atoms with Crippen molar-refractivity contribution in [2.24, 2.45) is 5.73 Å². The zero-order chi connectivity index (χ0) is 8.81. The smallest absolute Gasteiger partial charge is 0.106 e. The van der Waals surface area contributed by atoms with Gasteiger partial charge in [0.25, 0.3) is 0 Å². The summed E-state index contributed by atoms with van der Waals surface area (Å²) in [6.45, 7) is 0. The SMILES string of the molecule is N=C(N)CSCCc1ncc[nH]1. The molecule has 0 aliphatic carbocycles. The van der Waals surface area contributed by atoms with Crippen molar-refractivity contribution in [3.63, 3.8) is 0 Å². The van der Waals surface area contributed by atoms with E-state index in [0.29, 0.717) is 5.75 Å². The van der Waals surface area contributed by atoms with Crippen molar-refractivity contribution in [2.45, 2.75) is 6.42 Å². The predicted molar refractivity (Wildman–Crippen MR) is 51.5 cm³/mol. The summed E-state index contributed by atoms with van der Waals surface area (Å²) in [5.74, 6) is 2.79. The molecule has 0 amide bonds. The molecule has 1 aromatic rings. The zero-order valence-electron chi connectivity index (χ0n) is 6.71. The standard InChI is InChI=1S/C7H12N4S/c8-6(9)5-12-4-1-7-10-2-3-11-7/h2-3H,1,4-5H2,(H3,8,9)(H,10,11). The van der Waals surface area contributed by atoms with Crippen molar-refractivity contribution in [3.8, 4) is 0 Å². The molecule has 0 unspecified atom stereocenters. The number of aromatic nitrogens is 2. The fraction of sp³-hybridized carbons (Fsp3) is 0.429. The molecule has 4 N–H and O–H groups in total. The van der Waals surface area contributed by atoms with Gasteiger partial charge in [0.2, 0.25) is 0 Å². The molecule has 1 rings (SSSR count). The van der Waals surface area contributed by atoms with E-state index in [9.17, 15) is 0 Å². The number of aryl methyl sites for hydroxylation is 1. The van der Waals surface area contributed by atoms with E-state index in [1.54, 1.807) is 18.0 Å². The molecular formula is C7H12N4S. The maximum atomic E-state index is 6.98. The average molecular weight is 184 g/mol. The summed E-state index contributed by atoms with van der Waals surface area (Å²) in [5.41, 5.74) is 5.19. The lowest BCUT2D eigenvalue weighted by Crippen LogP contribution is -2.12. The molecule has 12 heavy (non-hydrogen) atoms. The van der Waals surface area contributed by atoms with Crippen LogP contribution in [0.2, 0.25) is 0 Å². The van der Waals surface area contributed by atoms with Gasteiger partial charge in [0, 0.05) is 24.6 Å². The lowest BCUT2D eigenvalue weighted by molar-refractivity contribution is 1.00. The van der Waals surface area contributed by atoms with Crippen LogP contribution in [-0.4, -0.2) is 27.3 Å². The number of imidazole rings is 1. The molecule has 0 spiro atoms. The van der Waals surface area contributed by atoms with E-state index in [1.807, 2.05) is 6.20 Å². The zero-order valence-corrected chi connectivity index (χ0v) is 7.53. The highest BCUT2D eigenvalue weighted by atomic mass is 32.2. The molecule has 0 atom stereocenters. The number of nitrogens with two attached hydrogens (primary N) is 1. The Morgan fingerprint density at radius 1 is 1.75 bits per heavy atom. The number of nitrogens with one attached hydrogen (secondary N) is 2. The average Bonchev–Trinajstić information content (AvgIpc) is 2.49. The largest absolute Gasteiger partial charge is 0.387 e. The van der Waals surface area contributed by atoms with Crippen LogP contribution >= 0.6 is 11.8 Å². The van der Waals surface area contributed by atoms with Gasteiger partial charge in [-0.1, -0.05) is 0 Å². The molecule has 5 heteroatoms. The van der Waals surface area contributed by atoms with Gasteiger partial charge in [-0.05, 0) is 0 Å². The molecule has 66 valence electrons. The van der Waals surface area contributed by atoms with Crippen molar-refractivity contribution in [2.75, 3.05) is 11.5 Å². The minimum atomic E-state index is 0.236. The Morgan fingerprint density at radius 3 is 3.17 bits per heavy atom. The van der Waals surface area contributed by atoms with Gasteiger partial charge in [0.1, 0.15) is 11.7 Å². The molecule has 0 bridgehead atoms. The fourth-order valence-electron chi connectivity index (χ4n) is 0.786. The summed E-state index contributed by atoms with van der Waals surface area (Å²) in [7, 11) is 0. The van der Waals surface area contributed by atoms with Gasteiger partial charge in [0.15, 0.2) is 0 Å². The van der Waals surface area contributed by atoms with Crippen LogP contribution in [0, 0.1) is 5.41 Å². The molecule has 4 nitrogen and oxygen atoms in total. The van der Waals surface area contributed by atoms with E-state index in [0.717, 1.165) is 18.0 Å². The first kappa shape index (κ1) is 9.12. The number of H-pyrrole nitrogens is 1. The summed E-state index contributed by atoms with van der Waals surface area (Å²) in [5, 5.41) is 6.98. The Kier molecular flexibility index (Phi) is 3.66. The molecule has 1 aromatic heterocycles. The number of hydrogen-bond donors (Lipinski definition) is 3. The predicted octanol–water partition coefficient (Wildman–Crippen LogP) is 0.621. The lowest BCUT2D eigenvalue weighted by atomic mass is 10.5. The monoisotopic (exact) mass is 184 g/mol. The Balaban J connectivity index is 2.07. The van der Waals surface area contributed by atoms with E-state index in [2.05, 4.69) is 9.97 Å². The second kappa shape index (κ2) is 4.82. The van der Waals surface area contributed by atoms with Gasteiger partial charge < -0.3 is 10.7 Å². The quantitative estimate of drug-likeness (QED) is 0.356. The van der Waals surface area contributed by atoms with Crippen LogP contribution < -0.4 is 5.73 Å². The molecule has 0 aromatic carbocycles. The van der Waals surface area contributed by atoms with Crippen LogP contribution in [0.4, 0.5) is 0 Å². The first-order chi connectivity index (χ1) is 5.79. The second-order valence-corrected chi connectivity index (χ2v) is 3.47. The van der Waals surface area contributed by atoms with Crippen molar-refractivity contribution in [3.05, 3.63) is 18.2 Å². The lowest BCUT2D eigenvalue weighted by Gasteiger charge is -1.97. The maximum Gasteiger partial charge on any atom is 0.106 e. The first-order valence-electron chi connectivity index (χ1n) is 3.68. The first-order valence-corrected chi connectivity index (χ1v) is 4.83. The normalized spacial score (nSPS) is 10.0. The van der Waals surface area contributed by atoms with Crippen LogP contribution in [0.5, 0.6) is 0 Å². The van der Waals surface area contributed by atoms with Crippen LogP contribution in [0.25, 0.3) is 0 Å². The fourth-order valence-corrected chi connectivity index (χ4v) is 1.49. The van der Waals surface area contributed by atoms with Crippen molar-refractivity contribution in [1.82, 2.24) is 9.97 Å². The number of thioether (sulfide) groups is 1. The molecule has 0 aliphatic heterocycles. The van der Waals surface area contributed by atoms with Crippen LogP contribution in [0.1, 0.15) is 5.82 Å². The highest BCUT2D eigenvalue weighted by molar-refractivity contribution is 7.99. The van der Waals surface area contributed by atoms with E-state index < -0.39 is 0 Å². The van der Waals surface area contributed by atoms with Crippen molar-refractivity contribution < 1.29 is 0 Å². The second-order valence-electron chi connectivity index (χ2n) is 2.36. The molecule has 1 heterocycles. The van der Waals surface area contributed by atoms with E-state index in [-0.39, 0.29) is 5.84 Å². The van der Waals surface area contributed by atoms with Crippen LogP contribution in [0.15, 0.2) is 12.4 Å². The third kappa shape index (κ3) is 3.43. The summed E-state index contributed by atoms with van der Waals surface area (Å²) >= 11 is 1.65. The van der Waals surface area contributed by atoms with Gasteiger partial charge in [-0.15, -0.1) is 0 Å².